The first kappa shape index (κ1) is 12.5. The number of nitrogens with zero attached hydrogens (tertiary/aromatic N) is 1. The lowest BCUT2D eigenvalue weighted by atomic mass is 10.0. The SMILES string of the molecule is CCOC(=O)[C@@H](C#N)Cc1ccccc1Cl. The zero-order valence-corrected chi connectivity index (χ0v) is 9.70. The van der Waals surface area contributed by atoms with Gasteiger partial charge in [0.25, 0.3) is 0 Å². The smallest absolute Gasteiger partial charge is 0.323 e. The Morgan fingerprint density at radius 2 is 2.25 bits per heavy atom. The first-order chi connectivity index (χ1) is 7.69. The molecule has 0 fully saturated rings. The molecule has 0 N–H and O–H groups in total. The summed E-state index contributed by atoms with van der Waals surface area (Å²) in [5.41, 5.74) is 0.781. The zero-order chi connectivity index (χ0) is 12.0. The molecule has 0 bridgehead atoms. The number of rotatable bonds is 4. The summed E-state index contributed by atoms with van der Waals surface area (Å²) in [6.45, 7) is 1.99. The molecule has 0 spiro atoms. The van der Waals surface area contributed by atoms with Gasteiger partial charge in [-0.2, -0.15) is 5.26 Å². The van der Waals surface area contributed by atoms with Gasteiger partial charge in [-0.1, -0.05) is 29.8 Å². The molecule has 0 radical (unpaired) electrons. The Kier molecular flexibility index (Phi) is 4.81. The molecule has 3 nitrogen and oxygen atoms in total. The van der Waals surface area contributed by atoms with E-state index in [9.17, 15) is 4.79 Å². The van der Waals surface area contributed by atoms with Crippen LogP contribution >= 0.6 is 11.6 Å². The molecule has 0 aromatic heterocycles. The first-order valence-corrected chi connectivity index (χ1v) is 5.36. The van der Waals surface area contributed by atoms with E-state index < -0.39 is 11.9 Å². The van der Waals surface area contributed by atoms with Crippen molar-refractivity contribution in [2.75, 3.05) is 6.61 Å². The topological polar surface area (TPSA) is 50.1 Å². The molecule has 1 atom stereocenters. The largest absolute Gasteiger partial charge is 0.465 e. The maximum absolute atomic E-state index is 11.4. The summed E-state index contributed by atoms with van der Waals surface area (Å²) in [6.07, 6.45) is 0.287. The number of hydrogen-bond acceptors (Lipinski definition) is 3. The van der Waals surface area contributed by atoms with Crippen molar-refractivity contribution in [3.63, 3.8) is 0 Å². The molecule has 0 amide bonds. The van der Waals surface area contributed by atoms with Crippen molar-refractivity contribution >= 4 is 17.6 Å². The number of halogens is 1. The number of ether oxygens (including phenoxy) is 1. The molecule has 0 heterocycles. The predicted octanol–water partition coefficient (Wildman–Crippen LogP) is 2.59. The lowest BCUT2D eigenvalue weighted by molar-refractivity contribution is -0.145. The van der Waals surface area contributed by atoms with Crippen LogP contribution in [0.1, 0.15) is 12.5 Å². The van der Waals surface area contributed by atoms with Crippen LogP contribution in [0.15, 0.2) is 24.3 Å². The highest BCUT2D eigenvalue weighted by molar-refractivity contribution is 6.31. The average molecular weight is 238 g/mol. The van der Waals surface area contributed by atoms with Crippen molar-refractivity contribution in [3.05, 3.63) is 34.9 Å². The minimum Gasteiger partial charge on any atom is -0.465 e. The summed E-state index contributed by atoms with van der Waals surface area (Å²) in [5.74, 6) is -1.29. The predicted molar refractivity (Wildman–Crippen MR) is 60.9 cm³/mol. The number of hydrogen-bond donors (Lipinski definition) is 0. The molecule has 84 valence electrons. The van der Waals surface area contributed by atoms with E-state index in [4.69, 9.17) is 21.6 Å². The minimum atomic E-state index is -0.792. The van der Waals surface area contributed by atoms with Gasteiger partial charge in [-0.3, -0.25) is 4.79 Å². The Balaban J connectivity index is 2.75. The Morgan fingerprint density at radius 1 is 1.56 bits per heavy atom. The molecule has 0 saturated carbocycles. The molecular weight excluding hydrogens is 226 g/mol. The molecule has 0 saturated heterocycles. The van der Waals surface area contributed by atoms with Gasteiger partial charge >= 0.3 is 5.97 Å². The normalized spacial score (nSPS) is 11.6. The van der Waals surface area contributed by atoms with Crippen LogP contribution < -0.4 is 0 Å². The fraction of sp³-hybridized carbons (Fsp3) is 0.333. The van der Waals surface area contributed by atoms with Crippen LogP contribution in [0.5, 0.6) is 0 Å². The molecule has 1 aromatic carbocycles. The van der Waals surface area contributed by atoms with Crippen molar-refractivity contribution in [2.24, 2.45) is 5.92 Å². The average Bonchev–Trinajstić information content (AvgIpc) is 2.28. The van der Waals surface area contributed by atoms with Gasteiger partial charge in [0, 0.05) is 11.4 Å². The maximum Gasteiger partial charge on any atom is 0.323 e. The van der Waals surface area contributed by atoms with Crippen molar-refractivity contribution in [1.29, 1.82) is 5.26 Å². The fourth-order valence-electron chi connectivity index (χ4n) is 1.31. The quantitative estimate of drug-likeness (QED) is 0.757. The molecule has 4 heteroatoms. The molecular formula is C12H12ClNO2. The molecule has 1 rings (SSSR count). The van der Waals surface area contributed by atoms with Crippen LogP contribution in [-0.2, 0) is 16.0 Å². The Labute approximate surface area is 99.6 Å². The third kappa shape index (κ3) is 3.25. The van der Waals surface area contributed by atoms with Gasteiger partial charge < -0.3 is 4.74 Å². The van der Waals surface area contributed by atoms with E-state index in [2.05, 4.69) is 0 Å². The van der Waals surface area contributed by atoms with Gasteiger partial charge in [-0.15, -0.1) is 0 Å². The van der Waals surface area contributed by atoms with E-state index in [-0.39, 0.29) is 13.0 Å². The van der Waals surface area contributed by atoms with Gasteiger partial charge in [0.2, 0.25) is 0 Å². The van der Waals surface area contributed by atoms with Crippen LogP contribution in [0.2, 0.25) is 5.02 Å². The summed E-state index contributed by atoms with van der Waals surface area (Å²) < 4.78 is 4.80. The van der Waals surface area contributed by atoms with Crippen molar-refractivity contribution in [1.82, 2.24) is 0 Å². The Bertz CT molecular complexity index is 412. The number of benzene rings is 1. The van der Waals surface area contributed by atoms with E-state index in [0.717, 1.165) is 5.56 Å². The van der Waals surface area contributed by atoms with Crippen LogP contribution in [0.25, 0.3) is 0 Å². The summed E-state index contributed by atoms with van der Waals surface area (Å²) in [4.78, 5) is 11.4. The summed E-state index contributed by atoms with van der Waals surface area (Å²) >= 11 is 5.95. The van der Waals surface area contributed by atoms with Crippen molar-refractivity contribution in [2.45, 2.75) is 13.3 Å². The maximum atomic E-state index is 11.4. The summed E-state index contributed by atoms with van der Waals surface area (Å²) in [6, 6.07) is 9.08. The lowest BCUT2D eigenvalue weighted by Crippen LogP contribution is -2.18. The second-order valence-electron chi connectivity index (χ2n) is 3.23. The number of esters is 1. The van der Waals surface area contributed by atoms with Gasteiger partial charge in [0.15, 0.2) is 0 Å². The second-order valence-corrected chi connectivity index (χ2v) is 3.64. The van der Waals surface area contributed by atoms with E-state index in [1.54, 1.807) is 25.1 Å². The molecule has 1 aromatic rings. The highest BCUT2D eigenvalue weighted by atomic mass is 35.5. The van der Waals surface area contributed by atoms with E-state index in [1.165, 1.54) is 0 Å². The molecule has 0 unspecified atom stereocenters. The number of carbonyl (C=O) groups excluding carboxylic acids is 1. The number of nitriles is 1. The fourth-order valence-corrected chi connectivity index (χ4v) is 1.52. The molecule has 0 aliphatic rings. The minimum absolute atomic E-state index is 0.277. The van der Waals surface area contributed by atoms with Gasteiger partial charge in [0.1, 0.15) is 5.92 Å². The van der Waals surface area contributed by atoms with Gasteiger partial charge in [0.05, 0.1) is 12.7 Å². The van der Waals surface area contributed by atoms with Crippen LogP contribution in [0, 0.1) is 17.2 Å². The summed E-state index contributed by atoms with van der Waals surface area (Å²) in [5, 5.41) is 9.44. The Morgan fingerprint density at radius 3 is 2.81 bits per heavy atom. The summed E-state index contributed by atoms with van der Waals surface area (Å²) in [7, 11) is 0. The standard InChI is InChI=1S/C12H12ClNO2/c1-2-16-12(15)10(8-14)7-9-5-3-4-6-11(9)13/h3-6,10H,2,7H2,1H3/t10-/m1/s1. The van der Waals surface area contributed by atoms with E-state index in [1.807, 2.05) is 12.1 Å². The molecule has 0 aliphatic carbocycles. The third-order valence-corrected chi connectivity index (χ3v) is 2.48. The highest BCUT2D eigenvalue weighted by Gasteiger charge is 2.20. The van der Waals surface area contributed by atoms with Crippen LogP contribution in [-0.4, -0.2) is 12.6 Å². The zero-order valence-electron chi connectivity index (χ0n) is 8.94. The highest BCUT2D eigenvalue weighted by Crippen LogP contribution is 2.19. The molecule has 16 heavy (non-hydrogen) atoms. The third-order valence-electron chi connectivity index (χ3n) is 2.11. The molecule has 0 aliphatic heterocycles. The van der Waals surface area contributed by atoms with Gasteiger partial charge in [-0.05, 0) is 18.6 Å². The second kappa shape index (κ2) is 6.14. The number of carbonyl (C=O) groups is 1. The monoisotopic (exact) mass is 237 g/mol. The van der Waals surface area contributed by atoms with E-state index >= 15 is 0 Å². The lowest BCUT2D eigenvalue weighted by Gasteiger charge is -2.09. The van der Waals surface area contributed by atoms with Crippen LogP contribution in [0.3, 0.4) is 0 Å². The van der Waals surface area contributed by atoms with Crippen molar-refractivity contribution < 1.29 is 9.53 Å². The van der Waals surface area contributed by atoms with Crippen LogP contribution in [0.4, 0.5) is 0 Å². The van der Waals surface area contributed by atoms with Crippen molar-refractivity contribution in [3.8, 4) is 6.07 Å². The Hall–Kier alpha value is -1.53. The van der Waals surface area contributed by atoms with Gasteiger partial charge in [-0.25, -0.2) is 0 Å². The van der Waals surface area contributed by atoms with E-state index in [0.29, 0.717) is 5.02 Å². The first-order valence-electron chi connectivity index (χ1n) is 4.98.